The topological polar surface area (TPSA) is 92.9 Å². The molecule has 1 amide bonds. The molecule has 7 nitrogen and oxygen atoms in total. The average Bonchev–Trinajstić information content (AvgIpc) is 3.39. The molecule has 1 aliphatic rings. The van der Waals surface area contributed by atoms with Crippen LogP contribution in [0.15, 0.2) is 82.6 Å². The van der Waals surface area contributed by atoms with E-state index in [0.29, 0.717) is 38.0 Å². The fraction of sp³-hybridized carbons (Fsp3) is 0.115. The number of nitrogens with zero attached hydrogens (tertiary/aromatic N) is 2. The van der Waals surface area contributed by atoms with Crippen molar-refractivity contribution in [1.29, 1.82) is 0 Å². The average molecular weight is 509 g/mol. The van der Waals surface area contributed by atoms with E-state index in [0.717, 1.165) is 0 Å². The van der Waals surface area contributed by atoms with E-state index in [-0.39, 0.29) is 17.9 Å². The van der Waals surface area contributed by atoms with Crippen molar-refractivity contribution in [2.75, 3.05) is 7.11 Å². The summed E-state index contributed by atoms with van der Waals surface area (Å²) >= 11 is 12.2. The summed E-state index contributed by atoms with van der Waals surface area (Å²) in [7, 11) is 1.46. The summed E-state index contributed by atoms with van der Waals surface area (Å²) < 4.78 is 11.1. The molecule has 0 fully saturated rings. The molecule has 0 radical (unpaired) electrons. The SMILES string of the molecule is COc1cc(Cl)cc2cc(C(=O)C3=C(O)C(=O)N(Cc4ccccn4)C3c3ccc(Cl)cc3)oc12. The van der Waals surface area contributed by atoms with E-state index >= 15 is 0 Å². The van der Waals surface area contributed by atoms with Crippen LogP contribution in [0.4, 0.5) is 0 Å². The summed E-state index contributed by atoms with van der Waals surface area (Å²) in [4.78, 5) is 32.5. The van der Waals surface area contributed by atoms with Gasteiger partial charge in [-0.3, -0.25) is 14.6 Å². The number of rotatable bonds is 6. The second kappa shape index (κ2) is 9.09. The Morgan fingerprint density at radius 2 is 1.89 bits per heavy atom. The molecule has 0 saturated carbocycles. The van der Waals surface area contributed by atoms with Gasteiger partial charge in [-0.05, 0) is 42.0 Å². The van der Waals surface area contributed by atoms with Crippen LogP contribution >= 0.6 is 23.2 Å². The largest absolute Gasteiger partial charge is 0.503 e. The lowest BCUT2D eigenvalue weighted by atomic mass is 9.95. The molecule has 4 aromatic rings. The Morgan fingerprint density at radius 1 is 1.11 bits per heavy atom. The fourth-order valence-corrected chi connectivity index (χ4v) is 4.53. The molecule has 9 heteroatoms. The molecule has 2 aromatic carbocycles. The number of hydrogen-bond acceptors (Lipinski definition) is 6. The van der Waals surface area contributed by atoms with Crippen LogP contribution in [0.1, 0.15) is 27.9 Å². The molecular weight excluding hydrogens is 491 g/mol. The molecule has 2 aromatic heterocycles. The molecule has 1 N–H and O–H groups in total. The Kier molecular flexibility index (Phi) is 5.96. The lowest BCUT2D eigenvalue weighted by Gasteiger charge is -2.26. The minimum absolute atomic E-state index is 0.0615. The zero-order valence-electron chi connectivity index (χ0n) is 18.4. The van der Waals surface area contributed by atoms with Crippen LogP contribution in [0.5, 0.6) is 5.75 Å². The maximum Gasteiger partial charge on any atom is 0.290 e. The Hall–Kier alpha value is -3.81. The number of Topliss-reactive ketones (excluding diaryl/α,β-unsaturated/α-hetero) is 1. The molecule has 0 saturated heterocycles. The molecule has 3 heterocycles. The quantitative estimate of drug-likeness (QED) is 0.325. The van der Waals surface area contributed by atoms with Gasteiger partial charge in [0.1, 0.15) is 0 Å². The number of benzene rings is 2. The number of aromatic nitrogens is 1. The lowest BCUT2D eigenvalue weighted by Crippen LogP contribution is -2.31. The highest BCUT2D eigenvalue weighted by atomic mass is 35.5. The second-order valence-electron chi connectivity index (χ2n) is 7.94. The van der Waals surface area contributed by atoms with E-state index < -0.39 is 23.5 Å². The van der Waals surface area contributed by atoms with Crippen molar-refractivity contribution in [3.8, 4) is 5.75 Å². The highest BCUT2D eigenvalue weighted by Gasteiger charge is 2.44. The smallest absolute Gasteiger partial charge is 0.290 e. The van der Waals surface area contributed by atoms with E-state index in [1.807, 2.05) is 0 Å². The number of methoxy groups -OCH3 is 1. The van der Waals surface area contributed by atoms with Gasteiger partial charge in [-0.15, -0.1) is 0 Å². The van der Waals surface area contributed by atoms with Gasteiger partial charge in [0.2, 0.25) is 5.78 Å². The van der Waals surface area contributed by atoms with E-state index in [4.69, 9.17) is 32.4 Å². The standard InChI is InChI=1S/C26H18Cl2N2O5/c1-34-20-12-17(28)10-15-11-19(35-25(15)20)23(31)21-22(14-5-7-16(27)8-6-14)30(26(33)24(21)32)13-18-4-2-3-9-29-18/h2-12,22,32H,13H2,1H3. The number of aliphatic hydroxyl groups excluding tert-OH is 1. The predicted molar refractivity (Wildman–Crippen MR) is 131 cm³/mol. The zero-order chi connectivity index (χ0) is 24.7. The summed E-state index contributed by atoms with van der Waals surface area (Å²) in [5.41, 5.74) is 1.43. The van der Waals surface area contributed by atoms with Gasteiger partial charge in [-0.25, -0.2) is 0 Å². The van der Waals surface area contributed by atoms with E-state index in [1.165, 1.54) is 18.1 Å². The number of carbonyl (C=O) groups excluding carboxylic acids is 2. The first kappa shape index (κ1) is 23.0. The predicted octanol–water partition coefficient (Wildman–Crippen LogP) is 5.92. The number of furan rings is 1. The summed E-state index contributed by atoms with van der Waals surface area (Å²) in [6.07, 6.45) is 1.61. The van der Waals surface area contributed by atoms with Gasteiger partial charge >= 0.3 is 0 Å². The molecule has 0 bridgehead atoms. The van der Waals surface area contributed by atoms with Crippen molar-refractivity contribution in [1.82, 2.24) is 9.88 Å². The Bertz CT molecular complexity index is 1480. The Labute approximate surface area is 210 Å². The van der Waals surface area contributed by atoms with Gasteiger partial charge in [0.05, 0.1) is 31.0 Å². The maximum atomic E-state index is 13.7. The van der Waals surface area contributed by atoms with Crippen molar-refractivity contribution < 1.29 is 23.8 Å². The van der Waals surface area contributed by atoms with Crippen molar-refractivity contribution in [2.45, 2.75) is 12.6 Å². The molecule has 5 rings (SSSR count). The highest BCUT2D eigenvalue weighted by Crippen LogP contribution is 2.41. The third-order valence-electron chi connectivity index (χ3n) is 5.78. The molecule has 1 atom stereocenters. The van der Waals surface area contributed by atoms with Gasteiger partial charge in [0.25, 0.3) is 5.91 Å². The van der Waals surface area contributed by atoms with E-state index in [1.54, 1.807) is 60.8 Å². The van der Waals surface area contributed by atoms with Gasteiger partial charge in [0, 0.05) is 27.7 Å². The van der Waals surface area contributed by atoms with Crippen molar-refractivity contribution >= 4 is 45.9 Å². The van der Waals surface area contributed by atoms with Crippen molar-refractivity contribution in [3.63, 3.8) is 0 Å². The number of hydrogen-bond donors (Lipinski definition) is 1. The molecule has 35 heavy (non-hydrogen) atoms. The van der Waals surface area contributed by atoms with Crippen LogP contribution in [-0.4, -0.2) is 33.8 Å². The van der Waals surface area contributed by atoms with E-state index in [9.17, 15) is 14.7 Å². The minimum atomic E-state index is -0.882. The van der Waals surface area contributed by atoms with Crippen LogP contribution in [0, 0.1) is 0 Å². The second-order valence-corrected chi connectivity index (χ2v) is 8.81. The molecular formula is C26H18Cl2N2O5. The van der Waals surface area contributed by atoms with Crippen LogP contribution in [0.3, 0.4) is 0 Å². The first-order valence-corrected chi connectivity index (χ1v) is 11.3. The van der Waals surface area contributed by atoms with Gasteiger partial charge in [0.15, 0.2) is 22.9 Å². The van der Waals surface area contributed by atoms with E-state index in [2.05, 4.69) is 4.98 Å². The Balaban J connectivity index is 1.61. The molecule has 0 aliphatic carbocycles. The van der Waals surface area contributed by atoms with Crippen LogP contribution in [0.2, 0.25) is 10.0 Å². The molecule has 176 valence electrons. The van der Waals surface area contributed by atoms with Gasteiger partial charge in [-0.2, -0.15) is 0 Å². The van der Waals surface area contributed by atoms with Gasteiger partial charge in [-0.1, -0.05) is 41.4 Å². The number of ketones is 1. The number of ether oxygens (including phenoxy) is 1. The van der Waals surface area contributed by atoms with Gasteiger partial charge < -0.3 is 19.2 Å². The number of fused-ring (bicyclic) bond motifs is 1. The highest BCUT2D eigenvalue weighted by molar-refractivity contribution is 6.31. The molecule has 1 aliphatic heterocycles. The normalized spacial score (nSPS) is 15.8. The summed E-state index contributed by atoms with van der Waals surface area (Å²) in [6.45, 7) is 0.0807. The monoisotopic (exact) mass is 508 g/mol. The fourth-order valence-electron chi connectivity index (χ4n) is 4.19. The number of pyridine rings is 1. The Morgan fingerprint density at radius 3 is 2.57 bits per heavy atom. The number of halogens is 2. The van der Waals surface area contributed by atoms with Crippen LogP contribution in [-0.2, 0) is 11.3 Å². The number of aliphatic hydroxyl groups is 1. The first-order valence-electron chi connectivity index (χ1n) is 10.6. The van der Waals surface area contributed by atoms with Crippen molar-refractivity contribution in [3.05, 3.63) is 105 Å². The minimum Gasteiger partial charge on any atom is -0.503 e. The zero-order valence-corrected chi connectivity index (χ0v) is 19.9. The third kappa shape index (κ3) is 4.13. The molecule has 0 spiro atoms. The van der Waals surface area contributed by atoms with Crippen LogP contribution < -0.4 is 4.74 Å². The first-order chi connectivity index (χ1) is 16.9. The molecule has 1 unspecified atom stereocenters. The van der Waals surface area contributed by atoms with Crippen molar-refractivity contribution in [2.24, 2.45) is 0 Å². The van der Waals surface area contributed by atoms with Crippen LogP contribution in [0.25, 0.3) is 11.0 Å². The summed E-state index contributed by atoms with van der Waals surface area (Å²) in [5, 5.41) is 12.3. The maximum absolute atomic E-state index is 13.7. The summed E-state index contributed by atoms with van der Waals surface area (Å²) in [6, 6.07) is 15.9. The number of amides is 1. The third-order valence-corrected chi connectivity index (χ3v) is 6.25. The number of carbonyl (C=O) groups is 2. The lowest BCUT2D eigenvalue weighted by molar-refractivity contribution is -0.130. The summed E-state index contributed by atoms with van der Waals surface area (Å²) in [5.74, 6) is -1.66.